The van der Waals surface area contributed by atoms with E-state index in [0.717, 1.165) is 0 Å². The van der Waals surface area contributed by atoms with Gasteiger partial charge in [0.25, 0.3) is 0 Å². The predicted octanol–water partition coefficient (Wildman–Crippen LogP) is -6.14. The molecule has 0 spiro atoms. The molecule has 0 aromatic rings. The summed E-state index contributed by atoms with van der Waals surface area (Å²) < 4.78 is 14.3. The second kappa shape index (κ2) is 11.4. The first-order valence-corrected chi connectivity index (χ1v) is 2.39. The molecule has 0 rings (SSSR count). The van der Waals surface area contributed by atoms with Crippen LogP contribution in [0, 0.1) is 0 Å². The van der Waals surface area contributed by atoms with Crippen LogP contribution in [0.15, 0.2) is 0 Å². The van der Waals surface area contributed by atoms with E-state index in [0.29, 0.717) is 0 Å². The van der Waals surface area contributed by atoms with E-state index >= 15 is 0 Å². The van der Waals surface area contributed by atoms with E-state index in [4.69, 9.17) is 20.2 Å². The number of carbonyl (C=O) groups is 2. The van der Waals surface area contributed by atoms with Crippen molar-refractivity contribution >= 4 is 19.3 Å². The topological polar surface area (TPSA) is 127 Å². The summed E-state index contributed by atoms with van der Waals surface area (Å²) in [5, 5.41) is 30.4. The molecule has 0 aromatic carbocycles. The van der Waals surface area contributed by atoms with Gasteiger partial charge in [0.1, 0.15) is 0 Å². The molecule has 70 valence electrons. The molecule has 0 saturated carbocycles. The number of carboxylic acids is 1. The molecule has 0 unspecified atom stereocenters. The molecule has 7 nitrogen and oxygen atoms in total. The summed E-state index contributed by atoms with van der Waals surface area (Å²) in [7, 11) is -2.42. The average Bonchev–Trinajstić information content (AvgIpc) is 1.86. The normalized spacial score (nSPS) is 7.08. The Balaban J connectivity index is -0.000000173. The van der Waals surface area contributed by atoms with Crippen LogP contribution >= 0.6 is 0 Å². The zero-order valence-electron chi connectivity index (χ0n) is 6.64. The Morgan fingerprint density at radius 3 is 1.85 bits per heavy atom. The first-order chi connectivity index (χ1) is 5.41. The predicted molar refractivity (Wildman–Crippen MR) is 29.9 cm³/mol. The molecule has 0 aliphatic rings. The fourth-order valence-electron chi connectivity index (χ4n) is 0.111. The van der Waals surface area contributed by atoms with Crippen LogP contribution < -0.4 is 23.9 Å². The third-order valence-electron chi connectivity index (χ3n) is 0.360. The van der Waals surface area contributed by atoms with Crippen LogP contribution in [0.1, 0.15) is 0 Å². The molecule has 0 aromatic heterocycles. The molecular weight excluding hydrogens is 185 g/mol. The Hall–Kier alpha value is -0.588. The first kappa shape index (κ1) is 18.2. The zero-order valence-corrected chi connectivity index (χ0v) is 6.64. The van der Waals surface area contributed by atoms with E-state index in [-0.39, 0.29) is 18.9 Å². The van der Waals surface area contributed by atoms with Gasteiger partial charge in [-0.05, 0) is 0 Å². The Bertz CT molecular complexity index is 150. The van der Waals surface area contributed by atoms with Crippen LogP contribution in [0.2, 0.25) is 0 Å². The maximum Gasteiger partial charge on any atom is 1.00 e. The first-order valence-electron chi connectivity index (χ1n) is 2.39. The van der Waals surface area contributed by atoms with Crippen molar-refractivity contribution in [1.29, 1.82) is 0 Å². The average molecular weight is 190 g/mol. The molecule has 0 amide bonds. The molecule has 0 bridgehead atoms. The van der Waals surface area contributed by atoms with Crippen LogP contribution in [0.25, 0.3) is 0 Å². The number of halogens is 1. The van der Waals surface area contributed by atoms with Gasteiger partial charge < -0.3 is 24.9 Å². The van der Waals surface area contributed by atoms with Gasteiger partial charge in [0.15, 0.2) is 0 Å². The molecule has 0 saturated heterocycles. The van der Waals surface area contributed by atoms with Crippen LogP contribution in [-0.4, -0.2) is 41.3 Å². The van der Waals surface area contributed by atoms with Gasteiger partial charge in [-0.15, -0.1) is 0 Å². The van der Waals surface area contributed by atoms with Gasteiger partial charge in [0.2, 0.25) is 6.86 Å². The number of carbonyl (C=O) groups excluding carboxylic acids is 1. The minimum atomic E-state index is -2.42. The second-order valence-electron chi connectivity index (χ2n) is 1.17. The van der Waals surface area contributed by atoms with Gasteiger partial charge in [-0.2, -0.15) is 0 Å². The van der Waals surface area contributed by atoms with Crippen LogP contribution in [0.5, 0.6) is 0 Å². The number of alkyl halides is 1. The van der Waals surface area contributed by atoms with E-state index in [1.807, 2.05) is 0 Å². The summed E-state index contributed by atoms with van der Waals surface area (Å²) in [6.07, 6.45) is 0. The molecule has 0 heterocycles. The fourth-order valence-corrected chi connectivity index (χ4v) is 0.111. The Kier molecular flexibility index (Phi) is 16.0. The molecule has 0 radical (unpaired) electrons. The minimum Gasteiger partial charge on any atom is -0.832 e. The molecule has 0 aliphatic carbocycles. The van der Waals surface area contributed by atoms with Crippen molar-refractivity contribution < 1.29 is 57.8 Å². The zero-order chi connectivity index (χ0) is 10.1. The monoisotopic (exact) mass is 190 g/mol. The van der Waals surface area contributed by atoms with Crippen molar-refractivity contribution in [3.63, 3.8) is 0 Å². The number of rotatable bonds is 1. The minimum absolute atomic E-state index is 0. The van der Waals surface area contributed by atoms with Crippen molar-refractivity contribution in [2.24, 2.45) is 0 Å². The van der Waals surface area contributed by atoms with Gasteiger partial charge >= 0.3 is 38.1 Å². The largest absolute Gasteiger partial charge is 1.00 e. The van der Waals surface area contributed by atoms with Crippen molar-refractivity contribution in [1.82, 2.24) is 0 Å². The smallest absolute Gasteiger partial charge is 0.832 e. The van der Waals surface area contributed by atoms with Crippen LogP contribution in [0.3, 0.4) is 0 Å². The third kappa shape index (κ3) is 24.6. The third-order valence-corrected chi connectivity index (χ3v) is 0.360. The van der Waals surface area contributed by atoms with Gasteiger partial charge in [0, 0.05) is 0 Å². The maximum atomic E-state index is 10.9. The van der Waals surface area contributed by atoms with Crippen molar-refractivity contribution in [2.45, 2.75) is 0 Å². The summed E-state index contributed by atoms with van der Waals surface area (Å²) in [6.45, 7) is -1.40. The number of hydrogen-bond donors (Lipinski definition) is 3. The molecule has 0 fully saturated rings. The molecule has 3 N–H and O–H groups in total. The van der Waals surface area contributed by atoms with E-state index in [2.05, 4.69) is 4.74 Å². The quantitative estimate of drug-likeness (QED) is 0.213. The summed E-state index contributed by atoms with van der Waals surface area (Å²) in [4.78, 5) is 19.1. The van der Waals surface area contributed by atoms with E-state index in [9.17, 15) is 14.0 Å². The SMILES string of the molecule is O=C(O)C(=O)OCF.[Li+].[O-]B(O)O. The van der Waals surface area contributed by atoms with Gasteiger partial charge in [-0.3, -0.25) is 0 Å². The van der Waals surface area contributed by atoms with Crippen LogP contribution in [0.4, 0.5) is 4.39 Å². The standard InChI is InChI=1S/C3H3FO4.BH2O3.Li/c4-1-8-3(7)2(5)6;2-1(3)4;/h1H2,(H,5,6);2-3H;/q;-1;+1. The number of hydrogen-bond acceptors (Lipinski definition) is 6. The van der Waals surface area contributed by atoms with Crippen molar-refractivity contribution in [3.8, 4) is 0 Å². The van der Waals surface area contributed by atoms with E-state index in [1.165, 1.54) is 0 Å². The Morgan fingerprint density at radius 1 is 1.46 bits per heavy atom. The second-order valence-corrected chi connectivity index (χ2v) is 1.17. The van der Waals surface area contributed by atoms with E-state index < -0.39 is 26.1 Å². The van der Waals surface area contributed by atoms with Gasteiger partial charge in [0.05, 0.1) is 0 Å². The van der Waals surface area contributed by atoms with Gasteiger partial charge in [-0.1, -0.05) is 0 Å². The molecule has 10 heteroatoms. The maximum absolute atomic E-state index is 10.9. The molecule has 0 atom stereocenters. The summed E-state index contributed by atoms with van der Waals surface area (Å²) in [5.41, 5.74) is 0. The number of ether oxygens (including phenoxy) is 1. The Labute approximate surface area is 84.5 Å². The number of carboxylic acid groups (broad SMARTS) is 1. The molecule has 13 heavy (non-hydrogen) atoms. The molecular formula is C3H5BFLiO7. The Morgan fingerprint density at radius 2 is 1.77 bits per heavy atom. The fraction of sp³-hybridized carbons (Fsp3) is 0.333. The summed E-state index contributed by atoms with van der Waals surface area (Å²) in [6, 6.07) is 0. The van der Waals surface area contributed by atoms with E-state index in [1.54, 1.807) is 0 Å². The number of esters is 1. The summed E-state index contributed by atoms with van der Waals surface area (Å²) >= 11 is 0. The molecule has 0 aliphatic heterocycles. The van der Waals surface area contributed by atoms with Gasteiger partial charge in [-0.25, -0.2) is 14.0 Å². The van der Waals surface area contributed by atoms with Crippen molar-refractivity contribution in [3.05, 3.63) is 0 Å². The number of aliphatic carboxylic acids is 1. The summed E-state index contributed by atoms with van der Waals surface area (Å²) in [5.74, 6) is -3.37. The van der Waals surface area contributed by atoms with Crippen molar-refractivity contribution in [2.75, 3.05) is 6.86 Å². The van der Waals surface area contributed by atoms with Crippen LogP contribution in [-0.2, 0) is 14.3 Å².